The van der Waals surface area contributed by atoms with Crippen molar-refractivity contribution in [2.45, 2.75) is 25.7 Å². The Morgan fingerprint density at radius 1 is 1.00 bits per heavy atom. The Bertz CT molecular complexity index is 684. The SMILES string of the molecule is Cc1ccc(CN(CC(O)C(F)(F)F)c2ccc(F)c(F)c2)cc1. The summed E-state index contributed by atoms with van der Waals surface area (Å²) in [6, 6.07) is 9.86. The molecule has 2 rings (SSSR count). The highest BCUT2D eigenvalue weighted by Gasteiger charge is 2.39. The number of hydrogen-bond acceptors (Lipinski definition) is 2. The van der Waals surface area contributed by atoms with Crippen LogP contribution in [0, 0.1) is 18.6 Å². The third-order valence-electron chi connectivity index (χ3n) is 3.53. The molecule has 0 aliphatic carbocycles. The predicted octanol–water partition coefficient (Wildman–Crippen LogP) is 4.20. The van der Waals surface area contributed by atoms with E-state index in [4.69, 9.17) is 0 Å². The molecule has 1 atom stereocenters. The van der Waals surface area contributed by atoms with E-state index in [1.807, 2.05) is 6.92 Å². The number of halogens is 5. The van der Waals surface area contributed by atoms with Crippen LogP contribution in [0.25, 0.3) is 0 Å². The first-order valence-corrected chi connectivity index (χ1v) is 7.17. The van der Waals surface area contributed by atoms with Gasteiger partial charge in [-0.25, -0.2) is 8.78 Å². The summed E-state index contributed by atoms with van der Waals surface area (Å²) in [5, 5.41) is 9.33. The zero-order chi connectivity index (χ0) is 17.9. The largest absolute Gasteiger partial charge is 0.416 e. The molecule has 130 valence electrons. The standard InChI is InChI=1S/C17H16F5NO/c1-11-2-4-12(5-3-11)9-23(10-16(24)17(20,21)22)13-6-7-14(18)15(19)8-13/h2-8,16,24H,9-10H2,1H3. The Labute approximate surface area is 136 Å². The molecule has 2 aromatic carbocycles. The van der Waals surface area contributed by atoms with Gasteiger partial charge < -0.3 is 10.0 Å². The van der Waals surface area contributed by atoms with Crippen LogP contribution in [-0.4, -0.2) is 23.9 Å². The molecular formula is C17H16F5NO. The van der Waals surface area contributed by atoms with Gasteiger partial charge >= 0.3 is 6.18 Å². The number of hydrogen-bond donors (Lipinski definition) is 1. The van der Waals surface area contributed by atoms with Crippen molar-refractivity contribution in [1.82, 2.24) is 0 Å². The highest BCUT2D eigenvalue weighted by molar-refractivity contribution is 5.47. The van der Waals surface area contributed by atoms with E-state index in [-0.39, 0.29) is 12.2 Å². The minimum absolute atomic E-state index is 0.0124. The van der Waals surface area contributed by atoms with E-state index in [1.165, 1.54) is 6.07 Å². The molecule has 7 heteroatoms. The van der Waals surface area contributed by atoms with E-state index in [0.717, 1.165) is 22.6 Å². The molecule has 0 bridgehead atoms. The van der Waals surface area contributed by atoms with Crippen molar-refractivity contribution >= 4 is 5.69 Å². The third kappa shape index (κ3) is 4.67. The molecule has 1 N–H and O–H groups in total. The van der Waals surface area contributed by atoms with Gasteiger partial charge in [-0.05, 0) is 24.6 Å². The molecule has 0 aromatic heterocycles. The van der Waals surface area contributed by atoms with Crippen molar-refractivity contribution in [2.75, 3.05) is 11.4 Å². The van der Waals surface area contributed by atoms with E-state index >= 15 is 0 Å². The lowest BCUT2D eigenvalue weighted by Gasteiger charge is -2.28. The van der Waals surface area contributed by atoms with E-state index in [9.17, 15) is 27.1 Å². The number of aryl methyl sites for hydroxylation is 1. The molecule has 0 saturated heterocycles. The van der Waals surface area contributed by atoms with Crippen molar-refractivity contribution in [1.29, 1.82) is 0 Å². The summed E-state index contributed by atoms with van der Waals surface area (Å²) in [7, 11) is 0. The molecule has 0 heterocycles. The molecule has 24 heavy (non-hydrogen) atoms. The summed E-state index contributed by atoms with van der Waals surface area (Å²) in [6.07, 6.45) is -7.40. The normalized spacial score (nSPS) is 13.0. The average Bonchev–Trinajstić information content (AvgIpc) is 2.50. The second-order valence-electron chi connectivity index (χ2n) is 5.52. The first-order valence-electron chi connectivity index (χ1n) is 7.17. The van der Waals surface area contributed by atoms with Crippen molar-refractivity contribution in [3.63, 3.8) is 0 Å². The summed E-state index contributed by atoms with van der Waals surface area (Å²) in [4.78, 5) is 1.16. The maximum absolute atomic E-state index is 13.4. The van der Waals surface area contributed by atoms with Crippen molar-refractivity contribution in [3.05, 3.63) is 65.2 Å². The fraction of sp³-hybridized carbons (Fsp3) is 0.294. The predicted molar refractivity (Wildman–Crippen MR) is 80.6 cm³/mol. The van der Waals surface area contributed by atoms with Gasteiger partial charge in [0.1, 0.15) is 0 Å². The van der Waals surface area contributed by atoms with Crippen LogP contribution in [0.15, 0.2) is 42.5 Å². The van der Waals surface area contributed by atoms with Gasteiger partial charge in [0, 0.05) is 18.3 Å². The number of benzene rings is 2. The topological polar surface area (TPSA) is 23.5 Å². The molecule has 0 spiro atoms. The smallest absolute Gasteiger partial charge is 0.382 e. The van der Waals surface area contributed by atoms with Gasteiger partial charge in [-0.15, -0.1) is 0 Å². The second kappa shape index (κ2) is 7.17. The van der Waals surface area contributed by atoms with Gasteiger partial charge in [-0.3, -0.25) is 0 Å². The van der Waals surface area contributed by atoms with Gasteiger partial charge in [-0.1, -0.05) is 29.8 Å². The minimum atomic E-state index is -4.80. The number of alkyl halides is 3. The van der Waals surface area contributed by atoms with Gasteiger partial charge in [0.15, 0.2) is 17.7 Å². The van der Waals surface area contributed by atoms with E-state index in [2.05, 4.69) is 0 Å². The van der Waals surface area contributed by atoms with Crippen LogP contribution in [0.4, 0.5) is 27.6 Å². The molecule has 2 nitrogen and oxygen atoms in total. The second-order valence-corrected chi connectivity index (χ2v) is 5.52. The fourth-order valence-corrected chi connectivity index (χ4v) is 2.17. The zero-order valence-corrected chi connectivity index (χ0v) is 12.8. The number of aliphatic hydroxyl groups is 1. The fourth-order valence-electron chi connectivity index (χ4n) is 2.17. The number of anilines is 1. The van der Waals surface area contributed by atoms with E-state index in [1.54, 1.807) is 24.3 Å². The van der Waals surface area contributed by atoms with E-state index in [0.29, 0.717) is 5.56 Å². The van der Waals surface area contributed by atoms with E-state index < -0.39 is 30.5 Å². The lowest BCUT2D eigenvalue weighted by molar-refractivity contribution is -0.200. The van der Waals surface area contributed by atoms with Gasteiger partial charge in [0.2, 0.25) is 0 Å². The van der Waals surface area contributed by atoms with Crippen LogP contribution in [0.3, 0.4) is 0 Å². The molecule has 0 amide bonds. The van der Waals surface area contributed by atoms with Crippen LogP contribution in [-0.2, 0) is 6.54 Å². The van der Waals surface area contributed by atoms with Gasteiger partial charge in [-0.2, -0.15) is 13.2 Å². The zero-order valence-electron chi connectivity index (χ0n) is 12.8. The molecule has 0 aliphatic rings. The lowest BCUT2D eigenvalue weighted by atomic mass is 10.1. The Morgan fingerprint density at radius 2 is 1.62 bits per heavy atom. The summed E-state index contributed by atoms with van der Waals surface area (Å²) in [6.45, 7) is 1.09. The molecule has 1 unspecified atom stereocenters. The Hall–Kier alpha value is -2.15. The Kier molecular flexibility index (Phi) is 5.43. The molecular weight excluding hydrogens is 329 g/mol. The monoisotopic (exact) mass is 345 g/mol. The molecule has 0 radical (unpaired) electrons. The average molecular weight is 345 g/mol. The Morgan fingerprint density at radius 3 is 2.17 bits per heavy atom. The summed E-state index contributed by atoms with van der Waals surface area (Å²) in [5.41, 5.74) is 1.71. The molecule has 2 aromatic rings. The first-order chi connectivity index (χ1) is 11.2. The van der Waals surface area contributed by atoms with Crippen LogP contribution in [0.5, 0.6) is 0 Å². The molecule has 0 saturated carbocycles. The maximum atomic E-state index is 13.4. The number of aliphatic hydroxyl groups excluding tert-OH is 1. The quantitative estimate of drug-likeness (QED) is 0.821. The highest BCUT2D eigenvalue weighted by Crippen LogP contribution is 2.25. The summed E-state index contributed by atoms with van der Waals surface area (Å²) in [5.74, 6) is -2.26. The van der Waals surface area contributed by atoms with Crippen LogP contribution < -0.4 is 4.90 Å². The van der Waals surface area contributed by atoms with Gasteiger partial charge in [0.25, 0.3) is 0 Å². The lowest BCUT2D eigenvalue weighted by Crippen LogP contribution is -2.41. The molecule has 0 aliphatic heterocycles. The van der Waals surface area contributed by atoms with Gasteiger partial charge in [0.05, 0.1) is 6.54 Å². The number of nitrogens with zero attached hydrogens (tertiary/aromatic N) is 1. The number of rotatable bonds is 5. The molecule has 0 fully saturated rings. The van der Waals surface area contributed by atoms with Crippen molar-refractivity contribution in [3.8, 4) is 0 Å². The van der Waals surface area contributed by atoms with Crippen molar-refractivity contribution in [2.24, 2.45) is 0 Å². The third-order valence-corrected chi connectivity index (χ3v) is 3.53. The van der Waals surface area contributed by atoms with Crippen molar-refractivity contribution < 1.29 is 27.1 Å². The van der Waals surface area contributed by atoms with Crippen LogP contribution >= 0.6 is 0 Å². The summed E-state index contributed by atoms with van der Waals surface area (Å²) >= 11 is 0. The summed E-state index contributed by atoms with van der Waals surface area (Å²) < 4.78 is 64.4. The first kappa shape index (κ1) is 18.2. The minimum Gasteiger partial charge on any atom is -0.382 e. The highest BCUT2D eigenvalue weighted by atomic mass is 19.4. The maximum Gasteiger partial charge on any atom is 0.416 e. The van der Waals surface area contributed by atoms with Crippen LogP contribution in [0.1, 0.15) is 11.1 Å². The Balaban J connectivity index is 2.29. The van der Waals surface area contributed by atoms with Crippen LogP contribution in [0.2, 0.25) is 0 Å².